The standard InChI is InChI=1S/C26H32N4/c1-16(2)15-21-17-7-6-10-20-22(17)26-12-14-30(21)23-25(26,11-13-27-23)18-8-4-5-9-19(18)28-24(26)29(20)3/h4-10,15,18-19,21,23-24,27-28H,11-14H2,1-3H3. The molecule has 6 aliphatic heterocycles. The molecule has 1 aromatic carbocycles. The first-order chi connectivity index (χ1) is 14.6. The minimum absolute atomic E-state index is 0.152. The van der Waals surface area contributed by atoms with Crippen molar-refractivity contribution in [3.05, 3.63) is 65.3 Å². The number of rotatable bonds is 1. The van der Waals surface area contributed by atoms with Gasteiger partial charge < -0.3 is 10.2 Å². The van der Waals surface area contributed by atoms with Crippen LogP contribution in [-0.2, 0) is 5.41 Å². The lowest BCUT2D eigenvalue weighted by atomic mass is 9.46. The molecule has 3 saturated heterocycles. The van der Waals surface area contributed by atoms with Crippen LogP contribution >= 0.6 is 0 Å². The smallest absolute Gasteiger partial charge is 0.0903 e. The third-order valence-corrected chi connectivity index (χ3v) is 9.29. The molecule has 156 valence electrons. The van der Waals surface area contributed by atoms with Gasteiger partial charge in [0.1, 0.15) is 0 Å². The zero-order valence-corrected chi connectivity index (χ0v) is 18.2. The lowest BCUT2D eigenvalue weighted by Crippen LogP contribution is -2.77. The second-order valence-corrected chi connectivity index (χ2v) is 10.5. The van der Waals surface area contributed by atoms with Gasteiger partial charge in [-0.1, -0.05) is 48.1 Å². The van der Waals surface area contributed by atoms with Crippen LogP contribution in [0.3, 0.4) is 0 Å². The summed E-state index contributed by atoms with van der Waals surface area (Å²) in [6.07, 6.45) is 15.3. The van der Waals surface area contributed by atoms with Gasteiger partial charge in [-0.25, -0.2) is 0 Å². The highest BCUT2D eigenvalue weighted by atomic mass is 15.4. The number of nitrogens with zero attached hydrogens (tertiary/aromatic N) is 2. The zero-order valence-electron chi connectivity index (χ0n) is 18.2. The van der Waals surface area contributed by atoms with Gasteiger partial charge in [-0.05, 0) is 50.4 Å². The quantitative estimate of drug-likeness (QED) is 0.707. The molecule has 7 aliphatic rings. The Hall–Kier alpha value is -1.88. The third-order valence-electron chi connectivity index (χ3n) is 9.29. The SMILES string of the molecule is CC(C)=CC1c2cccc3c2C24CCN1C1NCCC12C1C=CC=CC1NC4N3C. The van der Waals surface area contributed by atoms with Crippen LogP contribution in [0.25, 0.3) is 0 Å². The Morgan fingerprint density at radius 2 is 2.00 bits per heavy atom. The average molecular weight is 401 g/mol. The number of anilines is 1. The largest absolute Gasteiger partial charge is 0.358 e. The Kier molecular flexibility index (Phi) is 3.36. The topological polar surface area (TPSA) is 30.5 Å². The van der Waals surface area contributed by atoms with Gasteiger partial charge in [-0.2, -0.15) is 0 Å². The fourth-order valence-corrected chi connectivity index (χ4v) is 8.54. The molecule has 8 unspecified atom stereocenters. The highest BCUT2D eigenvalue weighted by Gasteiger charge is 2.75. The molecule has 1 aliphatic carbocycles. The summed E-state index contributed by atoms with van der Waals surface area (Å²) in [7, 11) is 2.33. The number of nitrogens with one attached hydrogen (secondary N) is 2. The fourth-order valence-electron chi connectivity index (χ4n) is 8.54. The van der Waals surface area contributed by atoms with Gasteiger partial charge in [0.2, 0.25) is 0 Å². The Balaban J connectivity index is 1.60. The molecule has 6 heterocycles. The van der Waals surface area contributed by atoms with Gasteiger partial charge in [-0.3, -0.25) is 10.2 Å². The Morgan fingerprint density at radius 3 is 2.87 bits per heavy atom. The van der Waals surface area contributed by atoms with Crippen molar-refractivity contribution >= 4 is 5.69 Å². The molecule has 4 heteroatoms. The minimum atomic E-state index is 0.152. The lowest BCUT2D eigenvalue weighted by molar-refractivity contribution is -0.112. The van der Waals surface area contributed by atoms with E-state index in [0.717, 1.165) is 13.1 Å². The molecule has 2 spiro atoms. The molecule has 0 amide bonds. The van der Waals surface area contributed by atoms with E-state index in [9.17, 15) is 0 Å². The summed E-state index contributed by atoms with van der Waals surface area (Å²) in [5, 5.41) is 8.18. The van der Waals surface area contributed by atoms with Crippen molar-refractivity contribution in [1.82, 2.24) is 15.5 Å². The number of fused-ring (bicyclic) bond motifs is 2. The first-order valence-electron chi connectivity index (χ1n) is 11.7. The average Bonchev–Trinajstić information content (AvgIpc) is 3.24. The van der Waals surface area contributed by atoms with Crippen molar-refractivity contribution in [3.8, 4) is 0 Å². The molecule has 8 atom stereocenters. The number of piperidine rings is 2. The molecular weight excluding hydrogens is 368 g/mol. The summed E-state index contributed by atoms with van der Waals surface area (Å²) in [4.78, 5) is 5.41. The highest BCUT2D eigenvalue weighted by molar-refractivity contribution is 5.71. The van der Waals surface area contributed by atoms with Gasteiger partial charge in [0, 0.05) is 42.1 Å². The van der Waals surface area contributed by atoms with Crippen LogP contribution in [0.2, 0.25) is 0 Å². The Bertz CT molecular complexity index is 1020. The van der Waals surface area contributed by atoms with Gasteiger partial charge in [0.15, 0.2) is 0 Å². The van der Waals surface area contributed by atoms with E-state index in [1.165, 1.54) is 24.1 Å². The number of hydrogen-bond acceptors (Lipinski definition) is 4. The summed E-state index contributed by atoms with van der Waals surface area (Å²) in [5.74, 6) is 0.527. The molecule has 4 nitrogen and oxygen atoms in total. The maximum Gasteiger partial charge on any atom is 0.0903 e. The Labute approximate surface area is 179 Å². The van der Waals surface area contributed by atoms with Crippen molar-refractivity contribution in [3.63, 3.8) is 0 Å². The molecule has 0 saturated carbocycles. The van der Waals surface area contributed by atoms with Crippen molar-refractivity contribution in [2.75, 3.05) is 25.0 Å². The van der Waals surface area contributed by atoms with Crippen LogP contribution in [0.4, 0.5) is 5.69 Å². The summed E-state index contributed by atoms with van der Waals surface area (Å²) < 4.78 is 0. The van der Waals surface area contributed by atoms with E-state index >= 15 is 0 Å². The molecule has 1 aromatic rings. The van der Waals surface area contributed by atoms with Gasteiger partial charge >= 0.3 is 0 Å². The number of benzene rings is 1. The van der Waals surface area contributed by atoms with E-state index in [2.05, 4.69) is 89.9 Å². The van der Waals surface area contributed by atoms with Crippen molar-refractivity contribution in [2.45, 2.75) is 56.5 Å². The van der Waals surface area contributed by atoms with Crippen LogP contribution in [0.1, 0.15) is 43.9 Å². The van der Waals surface area contributed by atoms with E-state index in [0.29, 0.717) is 30.3 Å². The van der Waals surface area contributed by atoms with E-state index in [-0.39, 0.29) is 10.8 Å². The molecule has 2 N–H and O–H groups in total. The summed E-state index contributed by atoms with van der Waals surface area (Å²) >= 11 is 0. The molecule has 0 radical (unpaired) electrons. The maximum atomic E-state index is 4.14. The van der Waals surface area contributed by atoms with Crippen LogP contribution in [0.5, 0.6) is 0 Å². The molecule has 2 bridgehead atoms. The first-order valence-corrected chi connectivity index (χ1v) is 11.7. The molecule has 8 rings (SSSR count). The number of allylic oxidation sites excluding steroid dienone is 3. The van der Waals surface area contributed by atoms with Crippen molar-refractivity contribution in [2.24, 2.45) is 11.3 Å². The van der Waals surface area contributed by atoms with Crippen LogP contribution in [-0.4, -0.2) is 43.4 Å². The summed E-state index contributed by atoms with van der Waals surface area (Å²) in [6, 6.07) is 7.86. The monoisotopic (exact) mass is 400 g/mol. The first kappa shape index (κ1) is 17.8. The van der Waals surface area contributed by atoms with Gasteiger partial charge in [0.05, 0.1) is 18.4 Å². The molecule has 30 heavy (non-hydrogen) atoms. The van der Waals surface area contributed by atoms with E-state index in [1.807, 2.05) is 0 Å². The predicted molar refractivity (Wildman–Crippen MR) is 121 cm³/mol. The third kappa shape index (κ3) is 1.75. The maximum absolute atomic E-state index is 4.14. The van der Waals surface area contributed by atoms with Crippen LogP contribution < -0.4 is 15.5 Å². The van der Waals surface area contributed by atoms with Crippen LogP contribution in [0, 0.1) is 11.3 Å². The lowest BCUT2D eigenvalue weighted by Gasteiger charge is -2.65. The number of likely N-dealkylation sites (N-methyl/N-ethyl adjacent to an activating group) is 1. The second-order valence-electron chi connectivity index (χ2n) is 10.5. The zero-order chi connectivity index (χ0) is 20.3. The second kappa shape index (κ2) is 5.67. The molecule has 0 aromatic heterocycles. The van der Waals surface area contributed by atoms with E-state index in [4.69, 9.17) is 0 Å². The predicted octanol–water partition coefficient (Wildman–Crippen LogP) is 3.45. The van der Waals surface area contributed by atoms with Gasteiger partial charge in [0.25, 0.3) is 0 Å². The fraction of sp³-hybridized carbons (Fsp3) is 0.538. The minimum Gasteiger partial charge on any atom is -0.358 e. The Morgan fingerprint density at radius 1 is 1.13 bits per heavy atom. The summed E-state index contributed by atoms with van der Waals surface area (Å²) in [6.45, 7) is 6.79. The highest BCUT2D eigenvalue weighted by Crippen LogP contribution is 2.71. The van der Waals surface area contributed by atoms with Crippen molar-refractivity contribution in [1.29, 1.82) is 0 Å². The number of hydrogen-bond donors (Lipinski definition) is 2. The van der Waals surface area contributed by atoms with Gasteiger partial charge in [-0.15, -0.1) is 0 Å². The molecular formula is C26H32N4. The van der Waals surface area contributed by atoms with E-state index < -0.39 is 0 Å². The summed E-state index contributed by atoms with van der Waals surface area (Å²) in [5.41, 5.74) is 6.44. The normalized spacial score (nSPS) is 46.3. The van der Waals surface area contributed by atoms with E-state index in [1.54, 1.807) is 11.1 Å². The van der Waals surface area contributed by atoms with Crippen molar-refractivity contribution < 1.29 is 0 Å². The van der Waals surface area contributed by atoms with Crippen LogP contribution in [0.15, 0.2) is 54.2 Å². The molecule has 3 fully saturated rings.